The molecule has 2 N–H and O–H groups in total. The van der Waals surface area contributed by atoms with Crippen molar-refractivity contribution in [3.8, 4) is 6.07 Å². The monoisotopic (exact) mass is 277 g/mol. The molecule has 0 fully saturated rings. The van der Waals surface area contributed by atoms with Gasteiger partial charge in [-0.25, -0.2) is 0 Å². The zero-order valence-corrected chi connectivity index (χ0v) is 12.5. The number of nitrogens with zero attached hydrogens (tertiary/aromatic N) is 1. The predicted octanol–water partition coefficient (Wildman–Crippen LogP) is 2.61. The Labute approximate surface area is 118 Å². The molecule has 1 atom stereocenters. The quantitative estimate of drug-likeness (QED) is 0.812. The molecule has 1 amide bonds. The first-order valence-electron chi connectivity index (χ1n) is 6.13. The van der Waals surface area contributed by atoms with Gasteiger partial charge in [0.15, 0.2) is 0 Å². The highest BCUT2D eigenvalue weighted by Gasteiger charge is 2.16. The fraction of sp³-hybridized carbons (Fsp3) is 0.429. The van der Waals surface area contributed by atoms with Crippen LogP contribution in [0.2, 0.25) is 0 Å². The number of nitrogens with one attached hydrogen (secondary N) is 2. The Morgan fingerprint density at radius 3 is 2.58 bits per heavy atom. The zero-order chi connectivity index (χ0) is 14.4. The number of carbonyl (C=O) groups is 1. The third-order valence-corrected chi connectivity index (χ3v) is 3.33. The number of carbonyl (C=O) groups excluding carboxylic acids is 1. The summed E-state index contributed by atoms with van der Waals surface area (Å²) in [5.74, 6) is -0.0755. The van der Waals surface area contributed by atoms with Gasteiger partial charge < -0.3 is 10.6 Å². The molecule has 0 aliphatic rings. The molecular formula is C14H19N3OS. The van der Waals surface area contributed by atoms with E-state index in [-0.39, 0.29) is 18.0 Å². The van der Waals surface area contributed by atoms with Crippen molar-refractivity contribution in [3.63, 3.8) is 0 Å². The molecule has 102 valence electrons. The Hall–Kier alpha value is -1.67. The molecule has 19 heavy (non-hydrogen) atoms. The average Bonchev–Trinajstić information content (AvgIpc) is 2.37. The van der Waals surface area contributed by atoms with E-state index in [1.54, 1.807) is 6.92 Å². The van der Waals surface area contributed by atoms with Crippen molar-refractivity contribution in [1.29, 1.82) is 5.26 Å². The molecule has 0 bridgehead atoms. The lowest BCUT2D eigenvalue weighted by atomic mass is 10.1. The average molecular weight is 277 g/mol. The Kier molecular flexibility index (Phi) is 5.71. The minimum atomic E-state index is -0.383. The van der Waals surface area contributed by atoms with E-state index in [2.05, 4.69) is 16.7 Å². The van der Waals surface area contributed by atoms with Crippen molar-refractivity contribution in [1.82, 2.24) is 5.32 Å². The Morgan fingerprint density at radius 1 is 1.37 bits per heavy atom. The van der Waals surface area contributed by atoms with E-state index in [0.717, 1.165) is 4.90 Å². The van der Waals surface area contributed by atoms with Gasteiger partial charge >= 0.3 is 0 Å². The lowest BCUT2D eigenvalue weighted by Crippen LogP contribution is -2.41. The van der Waals surface area contributed by atoms with Gasteiger partial charge in [0.05, 0.1) is 11.3 Å². The predicted molar refractivity (Wildman–Crippen MR) is 79.3 cm³/mol. The number of amides is 1. The van der Waals surface area contributed by atoms with Gasteiger partial charge in [-0.05, 0) is 39.2 Å². The van der Waals surface area contributed by atoms with E-state index in [4.69, 9.17) is 0 Å². The molecule has 4 nitrogen and oxygen atoms in total. The fourth-order valence-corrected chi connectivity index (χ4v) is 2.22. The summed E-state index contributed by atoms with van der Waals surface area (Å²) in [6, 6.07) is 7.49. The molecule has 0 spiro atoms. The van der Waals surface area contributed by atoms with Crippen molar-refractivity contribution in [3.05, 3.63) is 23.8 Å². The third-order valence-electron chi connectivity index (χ3n) is 2.55. The molecular weight excluding hydrogens is 258 g/mol. The summed E-state index contributed by atoms with van der Waals surface area (Å²) in [5, 5.41) is 15.2. The smallest absolute Gasteiger partial charge is 0.242 e. The minimum absolute atomic E-state index is 0.0755. The zero-order valence-electron chi connectivity index (χ0n) is 11.7. The van der Waals surface area contributed by atoms with Crippen LogP contribution in [0.25, 0.3) is 0 Å². The number of rotatable bonds is 5. The van der Waals surface area contributed by atoms with Gasteiger partial charge in [-0.1, -0.05) is 6.07 Å². The van der Waals surface area contributed by atoms with Gasteiger partial charge in [0.1, 0.15) is 12.1 Å². The summed E-state index contributed by atoms with van der Waals surface area (Å²) in [4.78, 5) is 12.8. The first-order chi connectivity index (χ1) is 8.99. The molecule has 0 saturated carbocycles. The summed E-state index contributed by atoms with van der Waals surface area (Å²) in [7, 11) is 0. The number of anilines is 1. The van der Waals surface area contributed by atoms with Crippen LogP contribution in [0.5, 0.6) is 0 Å². The maximum Gasteiger partial charge on any atom is 0.242 e. The molecule has 5 heteroatoms. The molecule has 1 unspecified atom stereocenters. The molecule has 1 aromatic rings. The van der Waals surface area contributed by atoms with Crippen LogP contribution in [0.4, 0.5) is 5.69 Å². The van der Waals surface area contributed by atoms with Crippen LogP contribution in [0.3, 0.4) is 0 Å². The van der Waals surface area contributed by atoms with Crippen LogP contribution < -0.4 is 10.6 Å². The molecule has 1 rings (SSSR count). The van der Waals surface area contributed by atoms with Gasteiger partial charge in [0, 0.05) is 10.9 Å². The summed E-state index contributed by atoms with van der Waals surface area (Å²) in [5.41, 5.74) is 1.28. The van der Waals surface area contributed by atoms with Crippen LogP contribution in [0.1, 0.15) is 26.3 Å². The number of hydrogen-bond acceptors (Lipinski definition) is 4. The minimum Gasteiger partial charge on any atom is -0.373 e. The molecule has 0 saturated heterocycles. The lowest BCUT2D eigenvalue weighted by Gasteiger charge is -2.18. The maximum absolute atomic E-state index is 11.9. The van der Waals surface area contributed by atoms with Gasteiger partial charge in [-0.15, -0.1) is 11.8 Å². The standard InChI is InChI=1S/C14H19N3OS/c1-9(2)16-14(18)10(3)17-12-6-5-7-13(19-4)11(12)8-15/h5-7,9-10,17H,1-4H3,(H,16,18). The molecule has 0 aliphatic heterocycles. The third kappa shape index (κ3) is 4.18. The van der Waals surface area contributed by atoms with Gasteiger partial charge in [0.25, 0.3) is 0 Å². The molecule has 1 aromatic carbocycles. The van der Waals surface area contributed by atoms with E-state index in [1.165, 1.54) is 11.8 Å². The normalized spacial score (nSPS) is 11.8. The summed E-state index contributed by atoms with van der Waals surface area (Å²) in [6.07, 6.45) is 1.93. The van der Waals surface area contributed by atoms with Crippen molar-refractivity contribution in [2.24, 2.45) is 0 Å². The van der Waals surface area contributed by atoms with E-state index < -0.39 is 0 Å². The number of nitriles is 1. The van der Waals surface area contributed by atoms with E-state index in [1.807, 2.05) is 38.3 Å². The largest absolute Gasteiger partial charge is 0.373 e. The Morgan fingerprint density at radius 2 is 2.05 bits per heavy atom. The van der Waals surface area contributed by atoms with Gasteiger partial charge in [-0.3, -0.25) is 4.79 Å². The molecule has 0 aromatic heterocycles. The summed E-state index contributed by atoms with van der Waals surface area (Å²) < 4.78 is 0. The second kappa shape index (κ2) is 7.05. The van der Waals surface area contributed by atoms with Crippen molar-refractivity contribution < 1.29 is 4.79 Å². The Balaban J connectivity index is 2.88. The van der Waals surface area contributed by atoms with Crippen LogP contribution in [0.15, 0.2) is 23.1 Å². The number of benzene rings is 1. The van der Waals surface area contributed by atoms with Gasteiger partial charge in [0.2, 0.25) is 5.91 Å². The molecule has 0 radical (unpaired) electrons. The first-order valence-corrected chi connectivity index (χ1v) is 7.36. The number of hydrogen-bond donors (Lipinski definition) is 2. The topological polar surface area (TPSA) is 64.9 Å². The summed E-state index contributed by atoms with van der Waals surface area (Å²) in [6.45, 7) is 5.62. The van der Waals surface area contributed by atoms with Crippen molar-refractivity contribution >= 4 is 23.4 Å². The fourth-order valence-electron chi connectivity index (χ4n) is 1.65. The van der Waals surface area contributed by atoms with E-state index >= 15 is 0 Å². The first kappa shape index (κ1) is 15.4. The van der Waals surface area contributed by atoms with Crippen molar-refractivity contribution in [2.75, 3.05) is 11.6 Å². The highest BCUT2D eigenvalue weighted by molar-refractivity contribution is 7.98. The van der Waals surface area contributed by atoms with Crippen LogP contribution in [-0.4, -0.2) is 24.2 Å². The van der Waals surface area contributed by atoms with Gasteiger partial charge in [-0.2, -0.15) is 5.26 Å². The Bertz CT molecular complexity index is 494. The summed E-state index contributed by atoms with van der Waals surface area (Å²) >= 11 is 1.52. The lowest BCUT2D eigenvalue weighted by molar-refractivity contribution is -0.122. The number of thioether (sulfide) groups is 1. The van der Waals surface area contributed by atoms with E-state index in [0.29, 0.717) is 11.3 Å². The highest BCUT2D eigenvalue weighted by atomic mass is 32.2. The van der Waals surface area contributed by atoms with Crippen LogP contribution >= 0.6 is 11.8 Å². The SMILES string of the molecule is CSc1cccc(NC(C)C(=O)NC(C)C)c1C#N. The highest BCUT2D eigenvalue weighted by Crippen LogP contribution is 2.26. The van der Waals surface area contributed by atoms with Crippen LogP contribution in [0, 0.1) is 11.3 Å². The van der Waals surface area contributed by atoms with Crippen LogP contribution in [-0.2, 0) is 4.79 Å². The van der Waals surface area contributed by atoms with Crippen molar-refractivity contribution in [2.45, 2.75) is 37.8 Å². The second-order valence-corrected chi connectivity index (χ2v) is 5.37. The second-order valence-electron chi connectivity index (χ2n) is 4.52. The van der Waals surface area contributed by atoms with E-state index in [9.17, 15) is 10.1 Å². The molecule has 0 heterocycles. The molecule has 0 aliphatic carbocycles. The maximum atomic E-state index is 11.9.